The van der Waals surface area contributed by atoms with Crippen molar-refractivity contribution in [2.75, 3.05) is 20.8 Å². The lowest BCUT2D eigenvalue weighted by atomic mass is 11.2. The van der Waals surface area contributed by atoms with Crippen molar-refractivity contribution in [3.05, 3.63) is 0 Å². The molecule has 0 radical (unpaired) electrons. The van der Waals surface area contributed by atoms with Crippen LogP contribution in [0.25, 0.3) is 0 Å². The Balaban J connectivity index is 3.56. The summed E-state index contributed by atoms with van der Waals surface area (Å²) in [6.45, 7) is 1.13. The highest BCUT2D eigenvalue weighted by atomic mass is 31.2. The predicted octanol–water partition coefficient (Wildman–Crippen LogP) is 0.295. The van der Waals surface area contributed by atoms with Crippen LogP contribution in [0.1, 0.15) is 0 Å². The van der Waals surface area contributed by atoms with Gasteiger partial charge in [-0.2, -0.15) is 5.06 Å². The molecule has 0 saturated heterocycles. The van der Waals surface area contributed by atoms with Crippen LogP contribution in [0, 0.1) is 0 Å². The highest BCUT2D eigenvalue weighted by molar-refractivity contribution is 7.51. The average Bonchev–Trinajstić information content (AvgIpc) is 1.21. The molecule has 0 aliphatic heterocycles. The number of hydrogen-bond donors (Lipinski definition) is 1. The van der Waals surface area contributed by atoms with Crippen molar-refractivity contribution in [1.82, 2.24) is 5.06 Å². The molecule has 4 nitrogen and oxygen atoms in total. The van der Waals surface area contributed by atoms with Gasteiger partial charge < -0.3 is 4.89 Å². The monoisotopic (exact) mass is 139 g/mol. The van der Waals surface area contributed by atoms with E-state index in [1.54, 1.807) is 14.1 Å². The summed E-state index contributed by atoms with van der Waals surface area (Å²) in [4.78, 5) is 8.48. The molecule has 0 aromatic carbocycles. The third-order valence-corrected chi connectivity index (χ3v) is 0.944. The maximum Gasteiger partial charge on any atom is 0.341 e. The lowest BCUT2D eigenvalue weighted by Crippen LogP contribution is -2.09. The molecular weight excluding hydrogens is 129 g/mol. The first-order valence-corrected chi connectivity index (χ1v) is 4.11. The van der Waals surface area contributed by atoms with Crippen LogP contribution in [-0.4, -0.2) is 30.7 Å². The average molecular weight is 139 g/mol. The molecule has 0 fully saturated rings. The van der Waals surface area contributed by atoms with Crippen molar-refractivity contribution >= 4 is 7.60 Å². The molecule has 1 unspecified atom stereocenters. The van der Waals surface area contributed by atoms with Gasteiger partial charge in [0.25, 0.3) is 0 Å². The minimum absolute atomic E-state index is 1.13. The SMILES string of the molecule is CN(C)OP(C)(=O)O. The van der Waals surface area contributed by atoms with E-state index in [4.69, 9.17) is 4.89 Å². The van der Waals surface area contributed by atoms with Crippen LogP contribution in [0.5, 0.6) is 0 Å². The fourth-order valence-corrected chi connectivity index (χ4v) is 0.909. The fraction of sp³-hybridized carbons (Fsp3) is 1.00. The molecular formula is C3H10NO3P. The molecule has 0 aromatic rings. The number of hydroxylamine groups is 2. The van der Waals surface area contributed by atoms with E-state index >= 15 is 0 Å². The predicted molar refractivity (Wildman–Crippen MR) is 30.5 cm³/mol. The van der Waals surface area contributed by atoms with Crippen LogP contribution >= 0.6 is 7.60 Å². The quantitative estimate of drug-likeness (QED) is 0.441. The summed E-state index contributed by atoms with van der Waals surface area (Å²) in [6.07, 6.45) is 0. The Hall–Kier alpha value is 0.110. The van der Waals surface area contributed by atoms with Gasteiger partial charge in [0.2, 0.25) is 0 Å². The third kappa shape index (κ3) is 6.11. The van der Waals surface area contributed by atoms with Crippen molar-refractivity contribution < 1.29 is 14.1 Å². The molecule has 0 bridgehead atoms. The summed E-state index contributed by atoms with van der Waals surface area (Å²) in [5.41, 5.74) is 0. The first-order valence-electron chi connectivity index (χ1n) is 2.09. The smallest absolute Gasteiger partial charge is 0.324 e. The van der Waals surface area contributed by atoms with E-state index in [1.807, 2.05) is 0 Å². The highest BCUT2D eigenvalue weighted by Crippen LogP contribution is 2.36. The van der Waals surface area contributed by atoms with Gasteiger partial charge in [0.15, 0.2) is 0 Å². The van der Waals surface area contributed by atoms with Crippen LogP contribution in [0.15, 0.2) is 0 Å². The van der Waals surface area contributed by atoms with Gasteiger partial charge in [0.1, 0.15) is 0 Å². The van der Waals surface area contributed by atoms with Crippen molar-refractivity contribution in [2.24, 2.45) is 0 Å². The minimum atomic E-state index is -3.30. The Bertz CT molecular complexity index is 107. The van der Waals surface area contributed by atoms with Gasteiger partial charge in [-0.15, -0.1) is 0 Å². The van der Waals surface area contributed by atoms with Crippen LogP contribution in [-0.2, 0) is 9.19 Å². The largest absolute Gasteiger partial charge is 0.341 e. The van der Waals surface area contributed by atoms with Crippen LogP contribution in [0.4, 0.5) is 0 Å². The Morgan fingerprint density at radius 1 is 1.62 bits per heavy atom. The zero-order valence-electron chi connectivity index (χ0n) is 5.16. The Kier molecular flexibility index (Phi) is 2.63. The topological polar surface area (TPSA) is 49.8 Å². The minimum Gasteiger partial charge on any atom is -0.324 e. The van der Waals surface area contributed by atoms with Gasteiger partial charge in [0.05, 0.1) is 0 Å². The highest BCUT2D eigenvalue weighted by Gasteiger charge is 2.10. The molecule has 1 atom stereocenters. The molecule has 5 heteroatoms. The molecule has 1 N–H and O–H groups in total. The van der Waals surface area contributed by atoms with Gasteiger partial charge in [-0.1, -0.05) is 0 Å². The summed E-state index contributed by atoms with van der Waals surface area (Å²) < 4.78 is 14.7. The van der Waals surface area contributed by atoms with Gasteiger partial charge in [-0.05, 0) is 0 Å². The number of nitrogens with zero attached hydrogens (tertiary/aromatic N) is 1. The summed E-state index contributed by atoms with van der Waals surface area (Å²) in [7, 11) is -0.200. The van der Waals surface area contributed by atoms with Gasteiger partial charge in [0, 0.05) is 20.8 Å². The molecule has 0 amide bonds. The second kappa shape index (κ2) is 2.60. The Morgan fingerprint density at radius 3 is 2.00 bits per heavy atom. The first kappa shape index (κ1) is 8.11. The maximum atomic E-state index is 10.3. The van der Waals surface area contributed by atoms with Crippen LogP contribution in [0.3, 0.4) is 0 Å². The Morgan fingerprint density at radius 2 is 2.00 bits per heavy atom. The van der Waals surface area contributed by atoms with E-state index in [-0.39, 0.29) is 0 Å². The molecule has 0 aromatic heterocycles. The molecule has 0 aliphatic carbocycles. The van der Waals surface area contributed by atoms with Crippen molar-refractivity contribution in [2.45, 2.75) is 0 Å². The summed E-state index contributed by atoms with van der Waals surface area (Å²) >= 11 is 0. The van der Waals surface area contributed by atoms with Crippen LogP contribution < -0.4 is 0 Å². The second-order valence-corrected chi connectivity index (χ2v) is 3.47. The summed E-state index contributed by atoms with van der Waals surface area (Å²) in [5.74, 6) is 0. The van der Waals surface area contributed by atoms with Gasteiger partial charge >= 0.3 is 7.60 Å². The normalized spacial score (nSPS) is 18.6. The maximum absolute atomic E-state index is 10.3. The standard InChI is InChI=1S/C3H10NO3P/c1-4(2)7-8(3,5)6/h1-3H3,(H,5,6). The first-order chi connectivity index (χ1) is 3.42. The van der Waals surface area contributed by atoms with E-state index in [2.05, 4.69) is 4.62 Å². The number of rotatable bonds is 2. The van der Waals surface area contributed by atoms with Crippen molar-refractivity contribution in [3.63, 3.8) is 0 Å². The lowest BCUT2D eigenvalue weighted by Gasteiger charge is -2.11. The van der Waals surface area contributed by atoms with E-state index in [9.17, 15) is 4.57 Å². The molecule has 50 valence electrons. The van der Waals surface area contributed by atoms with Crippen LogP contribution in [0.2, 0.25) is 0 Å². The zero-order chi connectivity index (χ0) is 6.78. The Labute approximate surface area is 48.6 Å². The van der Waals surface area contributed by atoms with E-state index in [0.717, 1.165) is 6.66 Å². The molecule has 8 heavy (non-hydrogen) atoms. The van der Waals surface area contributed by atoms with E-state index in [1.165, 1.54) is 5.06 Å². The van der Waals surface area contributed by atoms with Crippen molar-refractivity contribution in [1.29, 1.82) is 0 Å². The lowest BCUT2D eigenvalue weighted by molar-refractivity contribution is -0.0129. The third-order valence-electron chi connectivity index (χ3n) is 0.315. The van der Waals surface area contributed by atoms with E-state index < -0.39 is 7.60 Å². The zero-order valence-corrected chi connectivity index (χ0v) is 6.05. The molecule has 0 saturated carbocycles. The van der Waals surface area contributed by atoms with Gasteiger partial charge in [-0.3, -0.25) is 4.57 Å². The molecule has 0 rings (SSSR count). The second-order valence-electron chi connectivity index (χ2n) is 1.70. The summed E-state index contributed by atoms with van der Waals surface area (Å²) in [6, 6.07) is 0. The van der Waals surface area contributed by atoms with Gasteiger partial charge in [-0.25, -0.2) is 4.62 Å². The molecule has 0 aliphatic rings. The summed E-state index contributed by atoms with van der Waals surface area (Å²) in [5, 5.41) is 1.20. The fourth-order valence-electron chi connectivity index (χ4n) is 0.303. The molecule has 0 spiro atoms. The molecule has 0 heterocycles. The van der Waals surface area contributed by atoms with E-state index in [0.29, 0.717) is 0 Å². The van der Waals surface area contributed by atoms with Crippen molar-refractivity contribution in [3.8, 4) is 0 Å². The number of hydrogen-bond acceptors (Lipinski definition) is 3.